The highest BCUT2D eigenvalue weighted by molar-refractivity contribution is 5.51. The molecule has 96 valence electrons. The maximum atomic E-state index is 12.9. The molecule has 0 aromatic heterocycles. The fraction of sp³-hybridized carbons (Fsp3) is 0.176. The van der Waals surface area contributed by atoms with Crippen molar-refractivity contribution in [3.8, 4) is 12.3 Å². The zero-order chi connectivity index (χ0) is 13.7. The van der Waals surface area contributed by atoms with Crippen LogP contribution in [0.4, 0.5) is 10.1 Å². The molecular formula is C17H16FN. The molecule has 0 amide bonds. The lowest BCUT2D eigenvalue weighted by Gasteiger charge is -2.19. The van der Waals surface area contributed by atoms with Gasteiger partial charge in [-0.05, 0) is 42.3 Å². The summed E-state index contributed by atoms with van der Waals surface area (Å²) >= 11 is 0. The molecule has 0 spiro atoms. The van der Waals surface area contributed by atoms with Crippen molar-refractivity contribution in [1.29, 1.82) is 0 Å². The van der Waals surface area contributed by atoms with Crippen molar-refractivity contribution in [3.63, 3.8) is 0 Å². The Hall–Kier alpha value is -2.27. The van der Waals surface area contributed by atoms with Gasteiger partial charge in [-0.15, -0.1) is 6.42 Å². The molecule has 0 radical (unpaired) electrons. The van der Waals surface area contributed by atoms with Crippen LogP contribution in [0.15, 0.2) is 48.5 Å². The Morgan fingerprint density at radius 3 is 2.58 bits per heavy atom. The number of anilines is 1. The molecule has 1 atom stereocenters. The van der Waals surface area contributed by atoms with Crippen LogP contribution in [0.5, 0.6) is 0 Å². The van der Waals surface area contributed by atoms with E-state index in [9.17, 15) is 4.39 Å². The molecule has 0 saturated heterocycles. The Kier molecular flexibility index (Phi) is 4.20. The molecule has 0 aliphatic carbocycles. The van der Waals surface area contributed by atoms with Crippen LogP contribution in [-0.4, -0.2) is 0 Å². The maximum Gasteiger partial charge on any atom is 0.123 e. The van der Waals surface area contributed by atoms with Crippen molar-refractivity contribution >= 4 is 5.69 Å². The summed E-state index contributed by atoms with van der Waals surface area (Å²) in [5, 5.41) is 3.42. The molecule has 19 heavy (non-hydrogen) atoms. The zero-order valence-corrected chi connectivity index (χ0v) is 10.9. The third-order valence-electron chi connectivity index (χ3n) is 3.05. The van der Waals surface area contributed by atoms with Crippen LogP contribution < -0.4 is 5.32 Å². The molecule has 0 fully saturated rings. The predicted molar refractivity (Wildman–Crippen MR) is 77.4 cm³/mol. The van der Waals surface area contributed by atoms with Crippen molar-refractivity contribution in [2.24, 2.45) is 0 Å². The first-order valence-corrected chi connectivity index (χ1v) is 6.31. The SMILES string of the molecule is C#Cc1cccc(NC(CC)c2ccc(F)cc2)c1. The van der Waals surface area contributed by atoms with Crippen molar-refractivity contribution in [1.82, 2.24) is 0 Å². The zero-order valence-electron chi connectivity index (χ0n) is 10.9. The van der Waals surface area contributed by atoms with Crippen LogP contribution in [0.1, 0.15) is 30.5 Å². The van der Waals surface area contributed by atoms with E-state index >= 15 is 0 Å². The summed E-state index contributed by atoms with van der Waals surface area (Å²) in [4.78, 5) is 0. The minimum absolute atomic E-state index is 0.147. The lowest BCUT2D eigenvalue weighted by Crippen LogP contribution is -2.09. The van der Waals surface area contributed by atoms with Crippen molar-refractivity contribution in [3.05, 3.63) is 65.5 Å². The third kappa shape index (κ3) is 3.35. The quantitative estimate of drug-likeness (QED) is 0.798. The van der Waals surface area contributed by atoms with E-state index in [0.29, 0.717) is 0 Å². The van der Waals surface area contributed by atoms with Gasteiger partial charge in [0.2, 0.25) is 0 Å². The molecule has 1 unspecified atom stereocenters. The molecule has 0 aliphatic heterocycles. The second-order valence-corrected chi connectivity index (χ2v) is 4.38. The van der Waals surface area contributed by atoms with Gasteiger partial charge in [0.1, 0.15) is 5.82 Å². The second kappa shape index (κ2) is 6.06. The maximum absolute atomic E-state index is 12.9. The summed E-state index contributed by atoms with van der Waals surface area (Å²) in [6.45, 7) is 2.09. The van der Waals surface area contributed by atoms with E-state index in [0.717, 1.165) is 23.2 Å². The molecule has 1 nitrogen and oxygen atoms in total. The van der Waals surface area contributed by atoms with Gasteiger partial charge in [-0.25, -0.2) is 4.39 Å². The van der Waals surface area contributed by atoms with E-state index in [2.05, 4.69) is 18.2 Å². The van der Waals surface area contributed by atoms with Crippen LogP contribution in [0.25, 0.3) is 0 Å². The van der Waals surface area contributed by atoms with Gasteiger partial charge in [-0.3, -0.25) is 0 Å². The standard InChI is InChI=1S/C17H16FN/c1-3-13-6-5-7-16(12-13)19-17(4-2)14-8-10-15(18)11-9-14/h1,5-12,17,19H,4H2,2H3. The Morgan fingerprint density at radius 2 is 1.95 bits per heavy atom. The van der Waals surface area contributed by atoms with Crippen LogP contribution in [0, 0.1) is 18.2 Å². The smallest absolute Gasteiger partial charge is 0.123 e. The van der Waals surface area contributed by atoms with E-state index < -0.39 is 0 Å². The summed E-state index contributed by atoms with van der Waals surface area (Å²) in [6, 6.07) is 14.5. The molecule has 0 saturated carbocycles. The van der Waals surface area contributed by atoms with Crippen molar-refractivity contribution in [2.45, 2.75) is 19.4 Å². The van der Waals surface area contributed by atoms with Crippen LogP contribution in [-0.2, 0) is 0 Å². The highest BCUT2D eigenvalue weighted by Crippen LogP contribution is 2.23. The molecule has 0 bridgehead atoms. The molecule has 2 rings (SSSR count). The molecule has 2 aromatic carbocycles. The normalized spacial score (nSPS) is 11.6. The molecule has 2 heteroatoms. The highest BCUT2D eigenvalue weighted by atomic mass is 19.1. The van der Waals surface area contributed by atoms with E-state index in [1.807, 2.05) is 36.4 Å². The molecule has 0 aliphatic rings. The van der Waals surface area contributed by atoms with Gasteiger partial charge in [-0.1, -0.05) is 31.0 Å². The number of terminal acetylenes is 1. The summed E-state index contributed by atoms with van der Waals surface area (Å²) in [5.74, 6) is 2.40. The number of hydrogen-bond donors (Lipinski definition) is 1. The number of benzene rings is 2. The Morgan fingerprint density at radius 1 is 1.21 bits per heavy atom. The lowest BCUT2D eigenvalue weighted by molar-refractivity contribution is 0.625. The molecule has 1 N–H and O–H groups in total. The fourth-order valence-electron chi connectivity index (χ4n) is 2.02. The minimum Gasteiger partial charge on any atom is -0.378 e. The van der Waals surface area contributed by atoms with Crippen molar-refractivity contribution < 1.29 is 4.39 Å². The van der Waals surface area contributed by atoms with Crippen molar-refractivity contribution in [2.75, 3.05) is 5.32 Å². The first-order chi connectivity index (χ1) is 9.22. The molecular weight excluding hydrogens is 237 g/mol. The predicted octanol–water partition coefficient (Wildman–Crippen LogP) is 4.37. The summed E-state index contributed by atoms with van der Waals surface area (Å²) < 4.78 is 12.9. The summed E-state index contributed by atoms with van der Waals surface area (Å²) in [7, 11) is 0. The van der Waals surface area contributed by atoms with Gasteiger partial charge in [0.05, 0.1) is 6.04 Å². The van der Waals surface area contributed by atoms with Crippen LogP contribution in [0.3, 0.4) is 0 Å². The van der Waals surface area contributed by atoms with Crippen LogP contribution >= 0.6 is 0 Å². The van der Waals surface area contributed by atoms with Gasteiger partial charge in [0.25, 0.3) is 0 Å². The average molecular weight is 253 g/mol. The topological polar surface area (TPSA) is 12.0 Å². The fourth-order valence-corrected chi connectivity index (χ4v) is 2.02. The first-order valence-electron chi connectivity index (χ1n) is 6.31. The summed E-state index contributed by atoms with van der Waals surface area (Å²) in [5.41, 5.74) is 2.89. The van der Waals surface area contributed by atoms with E-state index in [4.69, 9.17) is 6.42 Å². The molecule has 2 aromatic rings. The number of nitrogens with one attached hydrogen (secondary N) is 1. The number of halogens is 1. The van der Waals surface area contributed by atoms with E-state index in [-0.39, 0.29) is 11.9 Å². The lowest BCUT2D eigenvalue weighted by atomic mass is 10.0. The Bertz CT molecular complexity index is 581. The van der Waals surface area contributed by atoms with Crippen LogP contribution in [0.2, 0.25) is 0 Å². The van der Waals surface area contributed by atoms with Gasteiger partial charge >= 0.3 is 0 Å². The average Bonchev–Trinajstić information content (AvgIpc) is 2.46. The Balaban J connectivity index is 2.19. The monoisotopic (exact) mass is 253 g/mol. The molecule has 0 heterocycles. The largest absolute Gasteiger partial charge is 0.378 e. The summed E-state index contributed by atoms with van der Waals surface area (Å²) in [6.07, 6.45) is 6.30. The first kappa shape index (κ1) is 13.2. The third-order valence-corrected chi connectivity index (χ3v) is 3.05. The minimum atomic E-state index is -0.215. The number of hydrogen-bond acceptors (Lipinski definition) is 1. The van der Waals surface area contributed by atoms with Gasteiger partial charge in [0, 0.05) is 11.3 Å². The van der Waals surface area contributed by atoms with E-state index in [1.165, 1.54) is 12.1 Å². The van der Waals surface area contributed by atoms with Gasteiger partial charge < -0.3 is 5.32 Å². The Labute approximate surface area is 113 Å². The van der Waals surface area contributed by atoms with E-state index in [1.54, 1.807) is 0 Å². The number of rotatable bonds is 4. The highest BCUT2D eigenvalue weighted by Gasteiger charge is 2.09. The second-order valence-electron chi connectivity index (χ2n) is 4.38. The van der Waals surface area contributed by atoms with Gasteiger partial charge in [0.15, 0.2) is 0 Å². The van der Waals surface area contributed by atoms with Gasteiger partial charge in [-0.2, -0.15) is 0 Å².